The van der Waals surface area contributed by atoms with Crippen molar-refractivity contribution in [3.8, 4) is 0 Å². The van der Waals surface area contributed by atoms with E-state index < -0.39 is 0 Å². The molecule has 0 amide bonds. The van der Waals surface area contributed by atoms with Gasteiger partial charge in [0.05, 0.1) is 7.47 Å². The summed E-state index contributed by atoms with van der Waals surface area (Å²) in [4.78, 5) is 0. The van der Waals surface area contributed by atoms with Crippen LogP contribution in [0.5, 0.6) is 0 Å². The molecule has 0 saturated carbocycles. The van der Waals surface area contributed by atoms with Crippen molar-refractivity contribution >= 4 is 63.7 Å². The molecule has 0 unspecified atom stereocenters. The number of halogens is 4. The first kappa shape index (κ1) is 11.6. The Labute approximate surface area is 76.1 Å². The van der Waals surface area contributed by atoms with Gasteiger partial charge in [-0.05, 0) is 0 Å². The molecule has 0 atom stereocenters. The fraction of sp³-hybridized carbons (Fsp3) is 1.00. The van der Waals surface area contributed by atoms with Crippen molar-refractivity contribution in [2.75, 3.05) is 0 Å². The molecule has 7 heavy (non-hydrogen) atoms. The van der Waals surface area contributed by atoms with Crippen molar-refractivity contribution in [1.82, 2.24) is 0 Å². The van der Waals surface area contributed by atoms with Crippen LogP contribution in [0.1, 0.15) is 0 Å². The molecule has 1 nitrogen and oxygen atoms in total. The van der Waals surface area contributed by atoms with E-state index >= 15 is 0 Å². The molecule has 0 rings (SSSR count). The van der Waals surface area contributed by atoms with Crippen LogP contribution in [0.3, 0.4) is 0 Å². The van der Waals surface area contributed by atoms with Crippen molar-refractivity contribution in [2.24, 2.45) is 0 Å². The molecule has 0 bridgehead atoms. The van der Waals surface area contributed by atoms with Gasteiger partial charge in [0.25, 0.3) is 0 Å². The lowest BCUT2D eigenvalue weighted by molar-refractivity contribution is 0.824. The molecule has 0 aromatic rings. The highest BCUT2D eigenvalue weighted by Gasteiger charge is 2.04. The number of rotatable bonds is 1. The minimum absolute atomic E-state index is 0. The molecule has 0 fully saturated rings. The monoisotopic (exact) mass is 360 g/mol. The summed E-state index contributed by atoms with van der Waals surface area (Å²) in [5.74, 6) is 0. The lowest BCUT2D eigenvalue weighted by Gasteiger charge is -1.96. The van der Waals surface area contributed by atoms with Gasteiger partial charge in [0.15, 0.2) is 0 Å². The van der Waals surface area contributed by atoms with E-state index in [0.717, 1.165) is 0 Å². The SMILES string of the molecule is BrC(Br)C(Br)Br.O. The number of alkyl halides is 4. The summed E-state index contributed by atoms with van der Waals surface area (Å²) >= 11 is 13.0. The van der Waals surface area contributed by atoms with Crippen LogP contribution in [0.4, 0.5) is 0 Å². The van der Waals surface area contributed by atoms with Crippen LogP contribution in [0.2, 0.25) is 0 Å². The van der Waals surface area contributed by atoms with Crippen LogP contribution in [0.15, 0.2) is 0 Å². The van der Waals surface area contributed by atoms with Crippen LogP contribution in [0.25, 0.3) is 0 Å². The summed E-state index contributed by atoms with van der Waals surface area (Å²) in [5, 5.41) is 0. The van der Waals surface area contributed by atoms with Gasteiger partial charge in [-0.3, -0.25) is 0 Å². The Morgan fingerprint density at radius 3 is 0.857 bits per heavy atom. The van der Waals surface area contributed by atoms with E-state index in [0.29, 0.717) is 7.47 Å². The van der Waals surface area contributed by atoms with Crippen LogP contribution < -0.4 is 0 Å². The molecular weight excluding hydrogens is 360 g/mol. The zero-order valence-electron chi connectivity index (χ0n) is 3.17. The van der Waals surface area contributed by atoms with Crippen molar-refractivity contribution < 1.29 is 5.48 Å². The van der Waals surface area contributed by atoms with Gasteiger partial charge in [-0.25, -0.2) is 0 Å². The number of hydrogen-bond acceptors (Lipinski definition) is 0. The Morgan fingerprint density at radius 1 is 0.714 bits per heavy atom. The van der Waals surface area contributed by atoms with Gasteiger partial charge in [0.1, 0.15) is 0 Å². The van der Waals surface area contributed by atoms with E-state index in [1.807, 2.05) is 0 Å². The molecule has 0 saturated heterocycles. The standard InChI is InChI=1S/C2H2Br4.H2O/c3-1(4)2(5)6;/h1-2H;1H2. The average Bonchev–Trinajstić information content (AvgIpc) is 1.36. The summed E-state index contributed by atoms with van der Waals surface area (Å²) in [7, 11) is 0. The molecule has 0 radical (unpaired) electrons. The molecule has 2 N–H and O–H groups in total. The van der Waals surface area contributed by atoms with Gasteiger partial charge in [-0.1, -0.05) is 63.7 Å². The van der Waals surface area contributed by atoms with E-state index in [4.69, 9.17) is 0 Å². The summed E-state index contributed by atoms with van der Waals surface area (Å²) < 4.78 is 0.620. The van der Waals surface area contributed by atoms with E-state index in [1.165, 1.54) is 0 Å². The zero-order chi connectivity index (χ0) is 5.15. The highest BCUT2D eigenvalue weighted by Crippen LogP contribution is 2.24. The molecule has 46 valence electrons. The van der Waals surface area contributed by atoms with Gasteiger partial charge in [-0.2, -0.15) is 0 Å². The molecule has 0 aromatic carbocycles. The largest absolute Gasteiger partial charge is 0.412 e. The first-order valence-electron chi connectivity index (χ1n) is 1.21. The molecule has 0 aliphatic heterocycles. The smallest absolute Gasteiger partial charge is 0.0920 e. The zero-order valence-corrected chi connectivity index (χ0v) is 9.51. The van der Waals surface area contributed by atoms with Gasteiger partial charge >= 0.3 is 0 Å². The highest BCUT2D eigenvalue weighted by atomic mass is 79.9. The second-order valence-electron chi connectivity index (χ2n) is 0.669. The van der Waals surface area contributed by atoms with Crippen molar-refractivity contribution in [2.45, 2.75) is 7.47 Å². The molecule has 0 aromatic heterocycles. The van der Waals surface area contributed by atoms with Crippen LogP contribution >= 0.6 is 63.7 Å². The maximum atomic E-state index is 3.26. The van der Waals surface area contributed by atoms with E-state index in [1.54, 1.807) is 0 Å². The van der Waals surface area contributed by atoms with Crippen LogP contribution in [-0.4, -0.2) is 12.9 Å². The average molecular weight is 364 g/mol. The summed E-state index contributed by atoms with van der Waals surface area (Å²) in [6, 6.07) is 0. The second-order valence-corrected chi connectivity index (χ2v) is 7.07. The molecule has 0 aliphatic rings. The Hall–Kier alpha value is 1.88. The van der Waals surface area contributed by atoms with Gasteiger partial charge in [0, 0.05) is 0 Å². The summed E-state index contributed by atoms with van der Waals surface area (Å²) in [5.41, 5.74) is 0. The van der Waals surface area contributed by atoms with E-state index in [-0.39, 0.29) is 5.48 Å². The topological polar surface area (TPSA) is 31.5 Å². The second kappa shape index (κ2) is 6.01. The van der Waals surface area contributed by atoms with Gasteiger partial charge < -0.3 is 5.48 Å². The summed E-state index contributed by atoms with van der Waals surface area (Å²) in [6.45, 7) is 0. The lowest BCUT2D eigenvalue weighted by Crippen LogP contribution is -1.93. The van der Waals surface area contributed by atoms with Crippen molar-refractivity contribution in [3.05, 3.63) is 0 Å². The third-order valence-electron chi connectivity index (χ3n) is 0.190. The highest BCUT2D eigenvalue weighted by molar-refractivity contribution is 9.29. The van der Waals surface area contributed by atoms with Crippen molar-refractivity contribution in [3.63, 3.8) is 0 Å². The van der Waals surface area contributed by atoms with Gasteiger partial charge in [0.2, 0.25) is 0 Å². The molecule has 0 aliphatic carbocycles. The van der Waals surface area contributed by atoms with Crippen LogP contribution in [0, 0.1) is 0 Å². The minimum atomic E-state index is 0. The predicted octanol–water partition coefficient (Wildman–Crippen LogP) is 2.39. The maximum Gasteiger partial charge on any atom is 0.0920 e. The quantitative estimate of drug-likeness (QED) is 0.641. The first-order valence-corrected chi connectivity index (χ1v) is 4.87. The Morgan fingerprint density at radius 2 is 0.857 bits per heavy atom. The maximum absolute atomic E-state index is 3.26. The normalized spacial score (nSPS) is 9.43. The molecular formula is C2H4Br4O. The first-order chi connectivity index (χ1) is 2.64. The van der Waals surface area contributed by atoms with E-state index in [2.05, 4.69) is 63.7 Å². The minimum Gasteiger partial charge on any atom is -0.412 e. The third kappa shape index (κ3) is 7.88. The number of hydrogen-bond donors (Lipinski definition) is 0. The molecule has 5 heteroatoms. The predicted molar refractivity (Wildman–Crippen MR) is 46.9 cm³/mol. The van der Waals surface area contributed by atoms with Crippen LogP contribution in [-0.2, 0) is 0 Å². The third-order valence-corrected chi connectivity index (χ3v) is 5.14. The van der Waals surface area contributed by atoms with Crippen molar-refractivity contribution in [1.29, 1.82) is 0 Å². The molecule has 0 heterocycles. The molecule has 0 spiro atoms. The lowest BCUT2D eigenvalue weighted by atomic mass is 11.0. The Kier molecular flexibility index (Phi) is 10.00. The summed E-state index contributed by atoms with van der Waals surface area (Å²) in [6.07, 6.45) is 0. The fourth-order valence-corrected chi connectivity index (χ4v) is 0. The van der Waals surface area contributed by atoms with E-state index in [9.17, 15) is 0 Å². The Balaban J connectivity index is 0. The van der Waals surface area contributed by atoms with Gasteiger partial charge in [-0.15, -0.1) is 0 Å². The fourth-order valence-electron chi connectivity index (χ4n) is 0. The Bertz CT molecular complexity index is 30.7.